The Bertz CT molecular complexity index is 394. The number of nitrogens with zero attached hydrogens (tertiary/aromatic N) is 1. The molecule has 0 atom stereocenters. The molecule has 4 heteroatoms. The van der Waals surface area contributed by atoms with Gasteiger partial charge in [0, 0.05) is 8.99 Å². The SMILES string of the molecule is CC(C)(C)C(N)=Nc1ccc(I)cc1Cl. The van der Waals surface area contributed by atoms with Crippen LogP contribution in [0.15, 0.2) is 23.2 Å². The van der Waals surface area contributed by atoms with Crippen LogP contribution < -0.4 is 5.73 Å². The van der Waals surface area contributed by atoms with Crippen molar-refractivity contribution in [3.63, 3.8) is 0 Å². The van der Waals surface area contributed by atoms with E-state index in [4.69, 9.17) is 17.3 Å². The summed E-state index contributed by atoms with van der Waals surface area (Å²) in [6.45, 7) is 6.06. The van der Waals surface area contributed by atoms with Gasteiger partial charge >= 0.3 is 0 Å². The molecule has 0 heterocycles. The standard InChI is InChI=1S/C11H14ClIN2/c1-11(2,3)10(14)15-9-5-4-7(13)6-8(9)12/h4-6H,1-3H3,(H2,14,15). The first-order valence-electron chi connectivity index (χ1n) is 4.60. The highest BCUT2D eigenvalue weighted by molar-refractivity contribution is 14.1. The molecule has 0 saturated carbocycles. The minimum absolute atomic E-state index is 0.133. The minimum Gasteiger partial charge on any atom is -0.387 e. The lowest BCUT2D eigenvalue weighted by Gasteiger charge is -2.17. The average Bonchev–Trinajstić information content (AvgIpc) is 2.08. The van der Waals surface area contributed by atoms with E-state index >= 15 is 0 Å². The Morgan fingerprint density at radius 3 is 2.47 bits per heavy atom. The number of aliphatic imine (C=N–C) groups is 1. The van der Waals surface area contributed by atoms with E-state index < -0.39 is 0 Å². The molecule has 1 aromatic rings. The molecule has 0 unspecified atom stereocenters. The fourth-order valence-electron chi connectivity index (χ4n) is 0.869. The van der Waals surface area contributed by atoms with Crippen LogP contribution >= 0.6 is 34.2 Å². The van der Waals surface area contributed by atoms with E-state index in [1.54, 1.807) is 0 Å². The third-order valence-corrected chi connectivity index (χ3v) is 2.89. The molecule has 0 bridgehead atoms. The third kappa shape index (κ3) is 3.65. The van der Waals surface area contributed by atoms with Crippen LogP contribution in [-0.2, 0) is 0 Å². The van der Waals surface area contributed by atoms with E-state index in [0.717, 1.165) is 9.26 Å². The van der Waals surface area contributed by atoms with Gasteiger partial charge in [0.25, 0.3) is 0 Å². The van der Waals surface area contributed by atoms with E-state index in [2.05, 4.69) is 27.6 Å². The molecular weight excluding hydrogens is 322 g/mol. The van der Waals surface area contributed by atoms with Gasteiger partial charge < -0.3 is 5.73 Å². The van der Waals surface area contributed by atoms with Gasteiger partial charge in [-0.2, -0.15) is 0 Å². The normalized spacial score (nSPS) is 13.0. The molecule has 0 aliphatic rings. The summed E-state index contributed by atoms with van der Waals surface area (Å²) in [4.78, 5) is 4.33. The summed E-state index contributed by atoms with van der Waals surface area (Å²) in [5.41, 5.74) is 6.47. The summed E-state index contributed by atoms with van der Waals surface area (Å²) in [6, 6.07) is 5.71. The van der Waals surface area contributed by atoms with Gasteiger partial charge in [0.15, 0.2) is 0 Å². The second-order valence-corrected chi connectivity index (χ2v) is 6.00. The zero-order valence-corrected chi connectivity index (χ0v) is 11.9. The number of rotatable bonds is 1. The lowest BCUT2D eigenvalue weighted by molar-refractivity contribution is 0.585. The topological polar surface area (TPSA) is 38.4 Å². The maximum Gasteiger partial charge on any atom is 0.105 e. The molecule has 2 nitrogen and oxygen atoms in total. The summed E-state index contributed by atoms with van der Waals surface area (Å²) < 4.78 is 1.09. The minimum atomic E-state index is -0.133. The molecule has 0 aliphatic heterocycles. The molecule has 0 fully saturated rings. The van der Waals surface area contributed by atoms with Crippen molar-refractivity contribution in [1.29, 1.82) is 0 Å². The quantitative estimate of drug-likeness (QED) is 0.470. The van der Waals surface area contributed by atoms with Crippen LogP contribution in [0.1, 0.15) is 20.8 Å². The second kappa shape index (κ2) is 4.70. The van der Waals surface area contributed by atoms with E-state index in [-0.39, 0.29) is 5.41 Å². The summed E-state index contributed by atoms with van der Waals surface area (Å²) in [5, 5.41) is 0.633. The highest BCUT2D eigenvalue weighted by Gasteiger charge is 2.15. The van der Waals surface area contributed by atoms with E-state index in [0.29, 0.717) is 10.9 Å². The maximum absolute atomic E-state index is 6.06. The van der Waals surface area contributed by atoms with Crippen LogP contribution in [0.3, 0.4) is 0 Å². The van der Waals surface area contributed by atoms with Crippen molar-refractivity contribution in [2.24, 2.45) is 16.1 Å². The van der Waals surface area contributed by atoms with Crippen molar-refractivity contribution in [1.82, 2.24) is 0 Å². The zero-order chi connectivity index (χ0) is 11.6. The Balaban J connectivity index is 3.09. The van der Waals surface area contributed by atoms with Crippen molar-refractivity contribution < 1.29 is 0 Å². The van der Waals surface area contributed by atoms with Gasteiger partial charge in [-0.15, -0.1) is 0 Å². The molecule has 0 aliphatic carbocycles. The maximum atomic E-state index is 6.06. The van der Waals surface area contributed by atoms with Crippen LogP contribution in [-0.4, -0.2) is 5.84 Å². The van der Waals surface area contributed by atoms with Crippen LogP contribution in [0.5, 0.6) is 0 Å². The predicted molar refractivity (Wildman–Crippen MR) is 74.9 cm³/mol. The fraction of sp³-hybridized carbons (Fsp3) is 0.364. The smallest absolute Gasteiger partial charge is 0.105 e. The van der Waals surface area contributed by atoms with Crippen molar-refractivity contribution in [2.45, 2.75) is 20.8 Å². The molecule has 0 radical (unpaired) electrons. The Labute approximate surface area is 109 Å². The van der Waals surface area contributed by atoms with Gasteiger partial charge in [-0.05, 0) is 40.8 Å². The Hall–Kier alpha value is -0.290. The van der Waals surface area contributed by atoms with E-state index in [1.165, 1.54) is 0 Å². The van der Waals surface area contributed by atoms with Gasteiger partial charge in [0.1, 0.15) is 5.84 Å². The lowest BCUT2D eigenvalue weighted by atomic mass is 9.95. The molecule has 15 heavy (non-hydrogen) atoms. The zero-order valence-electron chi connectivity index (χ0n) is 9.01. The number of benzene rings is 1. The van der Waals surface area contributed by atoms with Crippen LogP contribution in [0.4, 0.5) is 5.69 Å². The Morgan fingerprint density at radius 2 is 2.00 bits per heavy atom. The molecule has 0 aromatic heterocycles. The molecule has 2 N–H and O–H groups in total. The highest BCUT2D eigenvalue weighted by atomic mass is 127. The summed E-state index contributed by atoms with van der Waals surface area (Å²) in [5.74, 6) is 0.589. The van der Waals surface area contributed by atoms with Gasteiger partial charge in [0.2, 0.25) is 0 Å². The monoisotopic (exact) mass is 336 g/mol. The average molecular weight is 337 g/mol. The van der Waals surface area contributed by atoms with Gasteiger partial charge in [0.05, 0.1) is 10.7 Å². The molecule has 0 saturated heterocycles. The van der Waals surface area contributed by atoms with Crippen molar-refractivity contribution in [3.05, 3.63) is 26.8 Å². The first kappa shape index (κ1) is 12.8. The van der Waals surface area contributed by atoms with Crippen molar-refractivity contribution >= 4 is 45.7 Å². The van der Waals surface area contributed by atoms with Crippen LogP contribution in [0.25, 0.3) is 0 Å². The van der Waals surface area contributed by atoms with Gasteiger partial charge in [-0.3, -0.25) is 0 Å². The molecule has 0 spiro atoms. The molecule has 1 rings (SSSR count). The van der Waals surface area contributed by atoms with Crippen LogP contribution in [0.2, 0.25) is 5.02 Å². The highest BCUT2D eigenvalue weighted by Crippen LogP contribution is 2.28. The molecule has 0 amide bonds. The number of halogens is 2. The first-order chi connectivity index (χ1) is 6.80. The Morgan fingerprint density at radius 1 is 1.40 bits per heavy atom. The fourth-order valence-corrected chi connectivity index (χ4v) is 1.77. The number of nitrogens with two attached hydrogens (primary N) is 1. The number of amidine groups is 1. The number of hydrogen-bond donors (Lipinski definition) is 1. The summed E-state index contributed by atoms with van der Waals surface area (Å²) >= 11 is 8.26. The number of hydrogen-bond acceptors (Lipinski definition) is 1. The third-order valence-electron chi connectivity index (χ3n) is 1.92. The largest absolute Gasteiger partial charge is 0.387 e. The summed E-state index contributed by atoms with van der Waals surface area (Å²) in [6.07, 6.45) is 0. The molecule has 82 valence electrons. The van der Waals surface area contributed by atoms with Crippen LogP contribution in [0, 0.1) is 8.99 Å². The first-order valence-corrected chi connectivity index (χ1v) is 6.06. The second-order valence-electron chi connectivity index (χ2n) is 4.34. The summed E-state index contributed by atoms with van der Waals surface area (Å²) in [7, 11) is 0. The molecular formula is C11H14ClIN2. The predicted octanol–water partition coefficient (Wildman–Crippen LogP) is 3.98. The molecule has 1 aromatic carbocycles. The lowest BCUT2D eigenvalue weighted by Crippen LogP contribution is -2.28. The van der Waals surface area contributed by atoms with E-state index in [1.807, 2.05) is 39.0 Å². The van der Waals surface area contributed by atoms with Crippen molar-refractivity contribution in [3.8, 4) is 0 Å². The Kier molecular flexibility index (Phi) is 4.00. The van der Waals surface area contributed by atoms with Gasteiger partial charge in [-0.1, -0.05) is 32.4 Å². The van der Waals surface area contributed by atoms with E-state index in [9.17, 15) is 0 Å². The van der Waals surface area contributed by atoms with Crippen molar-refractivity contribution in [2.75, 3.05) is 0 Å². The van der Waals surface area contributed by atoms with Gasteiger partial charge in [-0.25, -0.2) is 4.99 Å².